The molecular weight excluding hydrogens is 396 g/mol. The molecule has 3 saturated heterocycles. The molecule has 3 aliphatic rings. The molecule has 4 heterocycles. The summed E-state index contributed by atoms with van der Waals surface area (Å²) < 4.78 is 5.42. The number of thiazole rings is 1. The van der Waals surface area contributed by atoms with Gasteiger partial charge in [0.25, 0.3) is 0 Å². The van der Waals surface area contributed by atoms with Crippen molar-refractivity contribution in [2.75, 3.05) is 59.0 Å². The molecule has 0 aliphatic carbocycles. The predicted molar refractivity (Wildman–Crippen MR) is 118 cm³/mol. The fourth-order valence-electron chi connectivity index (χ4n) is 4.98. The number of rotatable bonds is 6. The van der Waals surface area contributed by atoms with Gasteiger partial charge in [-0.3, -0.25) is 14.6 Å². The molecule has 1 amide bonds. The van der Waals surface area contributed by atoms with Gasteiger partial charge in [-0.15, -0.1) is 11.3 Å². The summed E-state index contributed by atoms with van der Waals surface area (Å²) in [7, 11) is 0. The van der Waals surface area contributed by atoms with Crippen molar-refractivity contribution in [1.29, 1.82) is 0 Å². The summed E-state index contributed by atoms with van der Waals surface area (Å²) >= 11 is 1.77. The molecule has 1 unspecified atom stereocenters. The van der Waals surface area contributed by atoms with E-state index in [0.717, 1.165) is 83.4 Å². The maximum Gasteiger partial charge on any atom is 0.230 e. The quantitative estimate of drug-likeness (QED) is 0.711. The van der Waals surface area contributed by atoms with Gasteiger partial charge in [0.05, 0.1) is 18.6 Å². The number of nitrogens with zero attached hydrogens (tertiary/aromatic N) is 4. The van der Waals surface area contributed by atoms with E-state index in [2.05, 4.69) is 43.9 Å². The Labute approximate surface area is 182 Å². The van der Waals surface area contributed by atoms with E-state index < -0.39 is 0 Å². The van der Waals surface area contributed by atoms with E-state index >= 15 is 0 Å². The Morgan fingerprint density at radius 2 is 1.80 bits per heavy atom. The highest BCUT2D eigenvalue weighted by Gasteiger charge is 2.50. The van der Waals surface area contributed by atoms with Crippen molar-refractivity contribution in [3.05, 3.63) is 41.4 Å². The van der Waals surface area contributed by atoms with E-state index in [9.17, 15) is 4.79 Å². The monoisotopic (exact) mass is 426 g/mol. The molecule has 7 heteroatoms. The lowest BCUT2D eigenvalue weighted by atomic mass is 9.85. The average molecular weight is 427 g/mol. The molecule has 0 bridgehead atoms. The first kappa shape index (κ1) is 20.1. The minimum absolute atomic E-state index is 0.155. The van der Waals surface area contributed by atoms with Crippen LogP contribution < -0.4 is 0 Å². The number of hydrogen-bond acceptors (Lipinski definition) is 6. The number of carbonyl (C=O) groups is 1. The first-order valence-corrected chi connectivity index (χ1v) is 11.9. The van der Waals surface area contributed by atoms with Crippen molar-refractivity contribution in [2.24, 2.45) is 5.41 Å². The van der Waals surface area contributed by atoms with Crippen LogP contribution in [0.3, 0.4) is 0 Å². The number of likely N-dealkylation sites (tertiary alicyclic amines) is 2. The molecule has 0 radical (unpaired) electrons. The van der Waals surface area contributed by atoms with Crippen molar-refractivity contribution < 1.29 is 9.53 Å². The van der Waals surface area contributed by atoms with Crippen molar-refractivity contribution in [3.8, 4) is 10.6 Å². The predicted octanol–water partition coefficient (Wildman–Crippen LogP) is 2.57. The van der Waals surface area contributed by atoms with Crippen LogP contribution in [0, 0.1) is 5.41 Å². The highest BCUT2D eigenvalue weighted by molar-refractivity contribution is 7.15. The van der Waals surface area contributed by atoms with Gasteiger partial charge in [-0.2, -0.15) is 0 Å². The first-order chi connectivity index (χ1) is 14.7. The smallest absolute Gasteiger partial charge is 0.230 e. The van der Waals surface area contributed by atoms with Crippen LogP contribution in [-0.4, -0.2) is 84.6 Å². The average Bonchev–Trinajstić information content (AvgIpc) is 3.50. The molecule has 1 atom stereocenters. The second kappa shape index (κ2) is 8.75. The van der Waals surface area contributed by atoms with Crippen LogP contribution in [0.1, 0.15) is 17.7 Å². The summed E-state index contributed by atoms with van der Waals surface area (Å²) in [5, 5.41) is 1.07. The third kappa shape index (κ3) is 4.17. The molecule has 160 valence electrons. The van der Waals surface area contributed by atoms with Gasteiger partial charge in [0.15, 0.2) is 0 Å². The summed E-state index contributed by atoms with van der Waals surface area (Å²) in [5.41, 5.74) is 1.02. The number of benzene rings is 1. The maximum atomic E-state index is 13.2. The number of ether oxygens (including phenoxy) is 1. The van der Waals surface area contributed by atoms with Crippen LogP contribution in [0.25, 0.3) is 10.6 Å². The molecule has 3 fully saturated rings. The third-order valence-corrected chi connectivity index (χ3v) is 7.81. The second-order valence-electron chi connectivity index (χ2n) is 8.73. The van der Waals surface area contributed by atoms with Gasteiger partial charge < -0.3 is 9.64 Å². The summed E-state index contributed by atoms with van der Waals surface area (Å²) in [6, 6.07) is 10.4. The molecule has 30 heavy (non-hydrogen) atoms. The van der Waals surface area contributed by atoms with E-state index in [0.29, 0.717) is 5.91 Å². The van der Waals surface area contributed by atoms with Gasteiger partial charge in [-0.1, -0.05) is 30.3 Å². The molecule has 1 spiro atoms. The Morgan fingerprint density at radius 1 is 1.00 bits per heavy atom. The number of hydrogen-bond donors (Lipinski definition) is 0. The Hall–Kier alpha value is -1.80. The summed E-state index contributed by atoms with van der Waals surface area (Å²) in [6.45, 7) is 9.13. The minimum Gasteiger partial charge on any atom is -0.379 e. The van der Waals surface area contributed by atoms with Crippen LogP contribution >= 0.6 is 11.3 Å². The zero-order valence-electron chi connectivity index (χ0n) is 17.5. The van der Waals surface area contributed by atoms with Gasteiger partial charge >= 0.3 is 0 Å². The molecule has 5 rings (SSSR count). The molecule has 3 aliphatic heterocycles. The summed E-state index contributed by atoms with van der Waals surface area (Å²) in [6.07, 6.45) is 4.00. The van der Waals surface area contributed by atoms with Crippen molar-refractivity contribution >= 4 is 17.2 Å². The van der Waals surface area contributed by atoms with Gasteiger partial charge in [0.1, 0.15) is 5.01 Å². The Kier molecular flexibility index (Phi) is 5.87. The largest absolute Gasteiger partial charge is 0.379 e. The van der Waals surface area contributed by atoms with Gasteiger partial charge in [0.2, 0.25) is 5.91 Å². The molecule has 6 nitrogen and oxygen atoms in total. The van der Waals surface area contributed by atoms with E-state index in [4.69, 9.17) is 4.74 Å². The lowest BCUT2D eigenvalue weighted by Gasteiger charge is -2.29. The summed E-state index contributed by atoms with van der Waals surface area (Å²) in [4.78, 5) is 26.1. The maximum absolute atomic E-state index is 13.2. The highest BCUT2D eigenvalue weighted by atomic mass is 32.1. The van der Waals surface area contributed by atoms with E-state index in [1.54, 1.807) is 11.3 Å². The van der Waals surface area contributed by atoms with Crippen molar-refractivity contribution in [3.63, 3.8) is 0 Å². The fraction of sp³-hybridized carbons (Fsp3) is 0.565. The van der Waals surface area contributed by atoms with Crippen LogP contribution in [0.15, 0.2) is 36.5 Å². The van der Waals surface area contributed by atoms with Gasteiger partial charge in [-0.25, -0.2) is 4.98 Å². The Bertz CT molecular complexity index is 867. The number of morpholine rings is 1. The van der Waals surface area contributed by atoms with Crippen LogP contribution in [0.5, 0.6) is 0 Å². The molecule has 2 aromatic rings. The normalized spacial score (nSPS) is 25.6. The lowest BCUT2D eigenvalue weighted by Crippen LogP contribution is -2.43. The van der Waals surface area contributed by atoms with Crippen molar-refractivity contribution in [2.45, 2.75) is 19.4 Å². The van der Waals surface area contributed by atoms with Crippen LogP contribution in [-0.2, 0) is 16.1 Å². The first-order valence-electron chi connectivity index (χ1n) is 11.0. The van der Waals surface area contributed by atoms with Crippen LogP contribution in [0.4, 0.5) is 0 Å². The highest BCUT2D eigenvalue weighted by Crippen LogP contribution is 2.41. The summed E-state index contributed by atoms with van der Waals surface area (Å²) in [5.74, 6) is 0.382. The van der Waals surface area contributed by atoms with E-state index in [1.807, 2.05) is 12.3 Å². The van der Waals surface area contributed by atoms with Crippen LogP contribution in [0.2, 0.25) is 0 Å². The fourth-order valence-corrected chi connectivity index (χ4v) is 5.94. The number of amides is 1. The topological polar surface area (TPSA) is 48.9 Å². The molecule has 0 saturated carbocycles. The SMILES string of the molecule is O=C1N(CCN2CCOCC2)CCC12CCN(Cc1cnc(-c3ccccc3)s1)C2. The zero-order chi connectivity index (χ0) is 20.4. The number of aromatic nitrogens is 1. The standard InChI is InChI=1S/C23H30N4O2S/c28-22-23(7-9-27(22)11-10-25-12-14-29-15-13-25)6-8-26(18-23)17-20-16-24-21(30-20)19-4-2-1-3-5-19/h1-5,16H,6-15,17-18H2. The molecule has 0 N–H and O–H groups in total. The Balaban J connectivity index is 1.15. The lowest BCUT2D eigenvalue weighted by molar-refractivity contribution is -0.135. The molecular formula is C23H30N4O2S. The molecule has 1 aromatic carbocycles. The van der Waals surface area contributed by atoms with Gasteiger partial charge in [0, 0.05) is 62.5 Å². The van der Waals surface area contributed by atoms with E-state index in [1.165, 1.54) is 10.4 Å². The molecule has 1 aromatic heterocycles. The minimum atomic E-state index is -0.155. The van der Waals surface area contributed by atoms with E-state index in [-0.39, 0.29) is 5.41 Å². The Morgan fingerprint density at radius 3 is 2.63 bits per heavy atom. The van der Waals surface area contributed by atoms with Crippen molar-refractivity contribution in [1.82, 2.24) is 19.7 Å². The number of carbonyl (C=O) groups excluding carboxylic acids is 1. The second-order valence-corrected chi connectivity index (χ2v) is 9.85. The van der Waals surface area contributed by atoms with Gasteiger partial charge in [-0.05, 0) is 19.4 Å². The third-order valence-electron chi connectivity index (χ3n) is 6.78. The zero-order valence-corrected chi connectivity index (χ0v) is 18.3.